The molecule has 1 amide bonds. The van der Waals surface area contributed by atoms with Gasteiger partial charge in [0, 0.05) is 11.3 Å². The van der Waals surface area contributed by atoms with E-state index in [1.165, 1.54) is 11.1 Å². The van der Waals surface area contributed by atoms with E-state index in [1.807, 2.05) is 35.2 Å². The number of aryl methyl sites for hydroxylation is 1. The van der Waals surface area contributed by atoms with Gasteiger partial charge in [0.1, 0.15) is 17.2 Å². The lowest BCUT2D eigenvalue weighted by molar-refractivity contribution is -0.120. The normalized spacial score (nSPS) is 14.9. The van der Waals surface area contributed by atoms with Gasteiger partial charge in [-0.25, -0.2) is 0 Å². The molecule has 0 aromatic heterocycles. The van der Waals surface area contributed by atoms with Crippen LogP contribution in [0.25, 0.3) is 0 Å². The maximum absolute atomic E-state index is 14.3. The molecule has 5 nitrogen and oxygen atoms in total. The maximum atomic E-state index is 14.3. The summed E-state index contributed by atoms with van der Waals surface area (Å²) in [5.41, 5.74) is 5.31. The van der Waals surface area contributed by atoms with Gasteiger partial charge in [-0.3, -0.25) is 4.79 Å². The number of rotatable bonds is 8. The molecule has 1 atom stereocenters. The lowest BCUT2D eigenvalue weighted by atomic mass is 9.81. The summed E-state index contributed by atoms with van der Waals surface area (Å²) in [6, 6.07) is 20.1. The molecule has 3 aromatic carbocycles. The highest BCUT2D eigenvalue weighted by molar-refractivity contribution is 5.98. The number of hydrogen-bond acceptors (Lipinski definition) is 4. The van der Waals surface area contributed by atoms with Crippen LogP contribution in [0.1, 0.15) is 60.8 Å². The number of carbonyl (C=O) groups excluding carboxylic acids is 1. The molecule has 0 spiro atoms. The van der Waals surface area contributed by atoms with Gasteiger partial charge in [0.05, 0.1) is 33.8 Å². The number of amides is 1. The second-order valence-electron chi connectivity index (χ2n) is 9.36. The Morgan fingerprint density at radius 3 is 2.26 bits per heavy atom. The highest BCUT2D eigenvalue weighted by Gasteiger charge is 2.32. The highest BCUT2D eigenvalue weighted by atomic mass is 16.5. The summed E-state index contributed by atoms with van der Waals surface area (Å²) in [6.07, 6.45) is 2.78. The minimum Gasteiger partial charge on any atom is -0.497 e. The number of fused-ring (bicyclic) bond motifs is 1. The molecule has 3 aromatic rings. The fraction of sp³-hybridized carbons (Fsp3) is 0.367. The van der Waals surface area contributed by atoms with E-state index in [-0.39, 0.29) is 11.8 Å². The van der Waals surface area contributed by atoms with Crippen molar-refractivity contribution in [3.8, 4) is 17.2 Å². The van der Waals surface area contributed by atoms with Crippen LogP contribution >= 0.6 is 0 Å². The first-order valence-electron chi connectivity index (χ1n) is 12.2. The topological polar surface area (TPSA) is 48.0 Å². The number of ether oxygens (including phenoxy) is 3. The Hall–Kier alpha value is -3.47. The Kier molecular flexibility index (Phi) is 7.64. The van der Waals surface area contributed by atoms with E-state index in [2.05, 4.69) is 44.2 Å². The van der Waals surface area contributed by atoms with Gasteiger partial charge < -0.3 is 19.1 Å². The summed E-state index contributed by atoms with van der Waals surface area (Å²) in [7, 11) is 4.96. The van der Waals surface area contributed by atoms with Gasteiger partial charge in [0.25, 0.3) is 0 Å². The molecule has 35 heavy (non-hydrogen) atoms. The van der Waals surface area contributed by atoms with Crippen molar-refractivity contribution >= 4 is 11.6 Å². The fourth-order valence-electron chi connectivity index (χ4n) is 4.86. The smallest absolute Gasteiger partial charge is 0.234 e. The van der Waals surface area contributed by atoms with Crippen LogP contribution in [0, 0.1) is 0 Å². The van der Waals surface area contributed by atoms with Crippen molar-refractivity contribution in [3.05, 3.63) is 82.9 Å². The third kappa shape index (κ3) is 5.29. The van der Waals surface area contributed by atoms with Crippen molar-refractivity contribution in [3.63, 3.8) is 0 Å². The van der Waals surface area contributed by atoms with E-state index in [0.29, 0.717) is 12.5 Å². The first-order chi connectivity index (χ1) is 16.9. The molecular formula is C30H35NO4. The molecule has 0 N–H and O–H groups in total. The van der Waals surface area contributed by atoms with Crippen LogP contribution in [0.2, 0.25) is 0 Å². The lowest BCUT2D eigenvalue weighted by Crippen LogP contribution is -2.36. The molecule has 0 saturated carbocycles. The largest absolute Gasteiger partial charge is 0.497 e. The Balaban J connectivity index is 1.76. The molecule has 0 saturated heterocycles. The Morgan fingerprint density at radius 1 is 0.914 bits per heavy atom. The third-order valence-corrected chi connectivity index (χ3v) is 6.92. The molecule has 0 fully saturated rings. The van der Waals surface area contributed by atoms with Crippen LogP contribution in [0.3, 0.4) is 0 Å². The predicted octanol–water partition coefficient (Wildman–Crippen LogP) is 6.49. The summed E-state index contributed by atoms with van der Waals surface area (Å²) >= 11 is 0. The summed E-state index contributed by atoms with van der Waals surface area (Å²) in [4.78, 5) is 16.1. The average Bonchev–Trinajstić information content (AvgIpc) is 2.90. The highest BCUT2D eigenvalue weighted by Crippen LogP contribution is 2.37. The molecule has 0 aliphatic heterocycles. The van der Waals surface area contributed by atoms with Gasteiger partial charge in [-0.15, -0.1) is 0 Å². The van der Waals surface area contributed by atoms with Crippen molar-refractivity contribution in [1.82, 2.24) is 0 Å². The fourth-order valence-corrected chi connectivity index (χ4v) is 4.86. The van der Waals surface area contributed by atoms with Crippen LogP contribution < -0.4 is 19.1 Å². The molecule has 1 unspecified atom stereocenters. The zero-order valence-electron chi connectivity index (χ0n) is 21.3. The second-order valence-corrected chi connectivity index (χ2v) is 9.36. The second kappa shape index (κ2) is 10.9. The standard InChI is InChI=1S/C30H35NO4/c1-20(2)21-9-12-24(13-10-21)31(19-23-17-25(33-3)15-16-29(23)35-5)30(32)27-8-6-7-22-11-14-26(34-4)18-28(22)27/h9-18,20,27H,6-8,19H2,1-5H3. The molecule has 4 rings (SSSR count). The molecule has 184 valence electrons. The van der Waals surface area contributed by atoms with E-state index in [9.17, 15) is 4.79 Å². The Labute approximate surface area is 208 Å². The van der Waals surface area contributed by atoms with Crippen molar-refractivity contribution in [2.24, 2.45) is 0 Å². The minimum absolute atomic E-state index is 0.0846. The van der Waals surface area contributed by atoms with Gasteiger partial charge >= 0.3 is 0 Å². The molecular weight excluding hydrogens is 438 g/mol. The minimum atomic E-state index is -0.227. The number of nitrogens with zero attached hydrogens (tertiary/aromatic N) is 1. The first kappa shape index (κ1) is 24.6. The van der Waals surface area contributed by atoms with E-state index >= 15 is 0 Å². The van der Waals surface area contributed by atoms with Crippen LogP contribution in [-0.2, 0) is 17.8 Å². The predicted molar refractivity (Wildman–Crippen MR) is 140 cm³/mol. The zero-order chi connectivity index (χ0) is 24.9. The van der Waals surface area contributed by atoms with Gasteiger partial charge in [-0.1, -0.05) is 32.0 Å². The quantitative estimate of drug-likeness (QED) is 0.375. The molecule has 5 heteroatoms. The number of anilines is 1. The molecule has 1 aliphatic rings. The average molecular weight is 474 g/mol. The zero-order valence-corrected chi connectivity index (χ0v) is 21.3. The first-order valence-corrected chi connectivity index (χ1v) is 12.2. The summed E-state index contributed by atoms with van der Waals surface area (Å²) in [6.45, 7) is 4.73. The molecule has 0 radical (unpaired) electrons. The van der Waals surface area contributed by atoms with Crippen molar-refractivity contribution in [2.75, 3.05) is 26.2 Å². The number of hydrogen-bond donors (Lipinski definition) is 0. The van der Waals surface area contributed by atoms with Gasteiger partial charge in [0.15, 0.2) is 0 Å². The molecule has 1 aliphatic carbocycles. The number of carbonyl (C=O) groups is 1. The van der Waals surface area contributed by atoms with Crippen LogP contribution in [0.5, 0.6) is 17.2 Å². The maximum Gasteiger partial charge on any atom is 0.234 e. The van der Waals surface area contributed by atoms with Crippen molar-refractivity contribution in [1.29, 1.82) is 0 Å². The lowest BCUT2D eigenvalue weighted by Gasteiger charge is -2.32. The van der Waals surface area contributed by atoms with Crippen LogP contribution in [0.15, 0.2) is 60.7 Å². The summed E-state index contributed by atoms with van der Waals surface area (Å²) in [5, 5.41) is 0. The number of benzene rings is 3. The van der Waals surface area contributed by atoms with Crippen molar-refractivity contribution < 1.29 is 19.0 Å². The Morgan fingerprint density at radius 2 is 1.60 bits per heavy atom. The van der Waals surface area contributed by atoms with Crippen LogP contribution in [-0.4, -0.2) is 27.2 Å². The van der Waals surface area contributed by atoms with E-state index < -0.39 is 0 Å². The van der Waals surface area contributed by atoms with E-state index in [1.54, 1.807) is 21.3 Å². The van der Waals surface area contributed by atoms with E-state index in [0.717, 1.165) is 53.3 Å². The molecule has 0 bridgehead atoms. The summed E-state index contributed by atoms with van der Waals surface area (Å²) < 4.78 is 16.6. The summed E-state index contributed by atoms with van der Waals surface area (Å²) in [5.74, 6) is 2.52. The Bertz CT molecular complexity index is 1170. The molecule has 0 heterocycles. The monoisotopic (exact) mass is 473 g/mol. The van der Waals surface area contributed by atoms with Gasteiger partial charge in [0.2, 0.25) is 5.91 Å². The third-order valence-electron chi connectivity index (χ3n) is 6.92. The van der Waals surface area contributed by atoms with E-state index in [4.69, 9.17) is 14.2 Å². The van der Waals surface area contributed by atoms with Gasteiger partial charge in [-0.2, -0.15) is 0 Å². The van der Waals surface area contributed by atoms with Crippen LogP contribution in [0.4, 0.5) is 5.69 Å². The van der Waals surface area contributed by atoms with Gasteiger partial charge in [-0.05, 0) is 84.3 Å². The number of methoxy groups -OCH3 is 3. The SMILES string of the molecule is COc1ccc(OC)c(CN(C(=O)C2CCCc3ccc(OC)cc32)c2ccc(C(C)C)cc2)c1. The van der Waals surface area contributed by atoms with Crippen molar-refractivity contribution in [2.45, 2.75) is 51.5 Å².